The van der Waals surface area contributed by atoms with Gasteiger partial charge in [-0.1, -0.05) is 26.2 Å². The molecule has 0 saturated heterocycles. The summed E-state index contributed by atoms with van der Waals surface area (Å²) in [7, 11) is -0.550. The Morgan fingerprint density at radius 2 is 2.00 bits per heavy atom. The van der Waals surface area contributed by atoms with Gasteiger partial charge in [0.05, 0.1) is 0 Å². The van der Waals surface area contributed by atoms with Crippen LogP contribution in [0.25, 0.3) is 0 Å². The highest BCUT2D eigenvalue weighted by Gasteiger charge is 2.18. The monoisotopic (exact) mass is 217 g/mol. The van der Waals surface area contributed by atoms with E-state index in [1.165, 1.54) is 32.1 Å². The maximum atomic E-state index is 11.8. The summed E-state index contributed by atoms with van der Waals surface area (Å²) in [6, 6.07) is 0. The predicted octanol–water partition coefficient (Wildman–Crippen LogP) is 2.07. The molecule has 0 bridgehead atoms. The van der Waals surface area contributed by atoms with Crippen molar-refractivity contribution < 1.29 is 4.21 Å². The van der Waals surface area contributed by atoms with Crippen LogP contribution < -0.4 is 5.32 Å². The van der Waals surface area contributed by atoms with Gasteiger partial charge in [0.15, 0.2) is 0 Å². The number of hydrogen-bond acceptors (Lipinski definition) is 2. The molecule has 1 atom stereocenters. The van der Waals surface area contributed by atoms with Crippen LogP contribution in [0.3, 0.4) is 0 Å². The largest absolute Gasteiger partial charge is 0.317 e. The van der Waals surface area contributed by atoms with E-state index in [-0.39, 0.29) is 0 Å². The highest BCUT2D eigenvalue weighted by molar-refractivity contribution is 7.85. The predicted molar refractivity (Wildman–Crippen MR) is 63.0 cm³/mol. The van der Waals surface area contributed by atoms with Gasteiger partial charge in [0, 0.05) is 21.8 Å². The van der Waals surface area contributed by atoms with E-state index in [1.54, 1.807) is 0 Å². The van der Waals surface area contributed by atoms with Gasteiger partial charge in [0.2, 0.25) is 0 Å². The van der Waals surface area contributed by atoms with E-state index in [0.717, 1.165) is 25.3 Å². The second-order valence-electron chi connectivity index (χ2n) is 4.05. The Morgan fingerprint density at radius 3 is 2.64 bits per heavy atom. The van der Waals surface area contributed by atoms with Gasteiger partial charge in [0.1, 0.15) is 0 Å². The molecule has 0 aromatic carbocycles. The Bertz CT molecular complexity index is 167. The molecule has 1 N–H and O–H groups in total. The molecule has 1 aliphatic carbocycles. The average molecular weight is 217 g/mol. The van der Waals surface area contributed by atoms with Crippen LogP contribution >= 0.6 is 0 Å². The van der Waals surface area contributed by atoms with Crippen LogP contribution in [0.5, 0.6) is 0 Å². The lowest BCUT2D eigenvalue weighted by Gasteiger charge is -2.20. The molecule has 2 nitrogen and oxygen atoms in total. The molecule has 0 aromatic heterocycles. The van der Waals surface area contributed by atoms with Gasteiger partial charge in [-0.25, -0.2) is 0 Å². The standard InChI is InChI=1S/C11H23NOS/c1-2-12-9-6-10-14(13)11-7-4-3-5-8-11/h11-12H,2-10H2,1H3. The molecular formula is C11H23NOS. The first-order valence-electron chi connectivity index (χ1n) is 5.92. The summed E-state index contributed by atoms with van der Waals surface area (Å²) in [5.74, 6) is 0.900. The second kappa shape index (κ2) is 7.41. The van der Waals surface area contributed by atoms with Crippen molar-refractivity contribution in [1.29, 1.82) is 0 Å². The zero-order chi connectivity index (χ0) is 10.2. The topological polar surface area (TPSA) is 29.1 Å². The Kier molecular flexibility index (Phi) is 6.45. The molecule has 1 aliphatic rings. The summed E-state index contributed by atoms with van der Waals surface area (Å²) >= 11 is 0. The molecule has 0 aromatic rings. The number of hydrogen-bond donors (Lipinski definition) is 1. The molecule has 1 fully saturated rings. The lowest BCUT2D eigenvalue weighted by Crippen LogP contribution is -2.23. The van der Waals surface area contributed by atoms with Crippen LogP contribution in [0.4, 0.5) is 0 Å². The highest BCUT2D eigenvalue weighted by atomic mass is 32.2. The van der Waals surface area contributed by atoms with Crippen LogP contribution in [-0.4, -0.2) is 28.3 Å². The highest BCUT2D eigenvalue weighted by Crippen LogP contribution is 2.22. The van der Waals surface area contributed by atoms with Crippen LogP contribution in [-0.2, 0) is 10.8 Å². The molecular weight excluding hydrogens is 194 g/mol. The van der Waals surface area contributed by atoms with Gasteiger partial charge >= 0.3 is 0 Å². The van der Waals surface area contributed by atoms with Gasteiger partial charge in [-0.2, -0.15) is 0 Å². The van der Waals surface area contributed by atoms with Gasteiger partial charge in [0.25, 0.3) is 0 Å². The Balaban J connectivity index is 2.07. The molecule has 1 saturated carbocycles. The lowest BCUT2D eigenvalue weighted by molar-refractivity contribution is 0.504. The van der Waals surface area contributed by atoms with E-state index >= 15 is 0 Å². The third-order valence-electron chi connectivity index (χ3n) is 2.87. The fourth-order valence-electron chi connectivity index (χ4n) is 2.01. The fourth-order valence-corrected chi connectivity index (χ4v) is 3.63. The van der Waals surface area contributed by atoms with Crippen LogP contribution in [0.1, 0.15) is 45.4 Å². The summed E-state index contributed by atoms with van der Waals surface area (Å²) in [5, 5.41) is 3.79. The Labute approximate surface area is 90.3 Å². The molecule has 84 valence electrons. The van der Waals surface area contributed by atoms with E-state index < -0.39 is 10.8 Å². The van der Waals surface area contributed by atoms with Crippen LogP contribution in [0.15, 0.2) is 0 Å². The summed E-state index contributed by atoms with van der Waals surface area (Å²) in [5.41, 5.74) is 0. The zero-order valence-corrected chi connectivity index (χ0v) is 10.1. The van der Waals surface area contributed by atoms with Crippen molar-refractivity contribution in [2.75, 3.05) is 18.8 Å². The first-order valence-corrected chi connectivity index (χ1v) is 7.30. The van der Waals surface area contributed by atoms with Crippen molar-refractivity contribution in [3.63, 3.8) is 0 Å². The maximum absolute atomic E-state index is 11.8. The third-order valence-corrected chi connectivity index (χ3v) is 4.78. The number of rotatable bonds is 6. The molecule has 0 amide bonds. The molecule has 0 spiro atoms. The normalized spacial score (nSPS) is 20.9. The summed E-state index contributed by atoms with van der Waals surface area (Å²) < 4.78 is 11.8. The van der Waals surface area contributed by atoms with Crippen molar-refractivity contribution in [3.05, 3.63) is 0 Å². The molecule has 0 heterocycles. The Morgan fingerprint density at radius 1 is 1.29 bits per heavy atom. The minimum atomic E-state index is -0.550. The second-order valence-corrected chi connectivity index (χ2v) is 5.89. The average Bonchev–Trinajstić information content (AvgIpc) is 2.25. The first-order chi connectivity index (χ1) is 6.84. The first kappa shape index (κ1) is 12.2. The van der Waals surface area contributed by atoms with Crippen molar-refractivity contribution >= 4 is 10.8 Å². The van der Waals surface area contributed by atoms with Crippen LogP contribution in [0.2, 0.25) is 0 Å². The van der Waals surface area contributed by atoms with E-state index in [2.05, 4.69) is 12.2 Å². The van der Waals surface area contributed by atoms with Crippen LogP contribution in [0, 0.1) is 0 Å². The van der Waals surface area contributed by atoms with Crippen molar-refractivity contribution in [2.24, 2.45) is 0 Å². The van der Waals surface area contributed by atoms with Gasteiger partial charge < -0.3 is 5.32 Å². The molecule has 1 unspecified atom stereocenters. The summed E-state index contributed by atoms with van der Waals surface area (Å²) in [4.78, 5) is 0. The zero-order valence-electron chi connectivity index (χ0n) is 9.26. The van der Waals surface area contributed by atoms with E-state index in [4.69, 9.17) is 0 Å². The van der Waals surface area contributed by atoms with Crippen molar-refractivity contribution in [1.82, 2.24) is 5.32 Å². The number of nitrogens with one attached hydrogen (secondary N) is 1. The van der Waals surface area contributed by atoms with Crippen molar-refractivity contribution in [3.8, 4) is 0 Å². The molecule has 0 aliphatic heterocycles. The van der Waals surface area contributed by atoms with E-state index in [0.29, 0.717) is 5.25 Å². The van der Waals surface area contributed by atoms with E-state index in [1.807, 2.05) is 0 Å². The third kappa shape index (κ3) is 4.56. The van der Waals surface area contributed by atoms with Gasteiger partial charge in [-0.05, 0) is 32.4 Å². The minimum Gasteiger partial charge on any atom is -0.317 e. The minimum absolute atomic E-state index is 0.519. The van der Waals surface area contributed by atoms with E-state index in [9.17, 15) is 4.21 Å². The van der Waals surface area contributed by atoms with Gasteiger partial charge in [-0.15, -0.1) is 0 Å². The summed E-state index contributed by atoms with van der Waals surface area (Å²) in [6.45, 7) is 4.16. The Hall–Kier alpha value is 0.110. The smallest absolute Gasteiger partial charge is 0.0348 e. The lowest BCUT2D eigenvalue weighted by atomic mass is 10.0. The maximum Gasteiger partial charge on any atom is 0.0348 e. The fraction of sp³-hybridized carbons (Fsp3) is 1.00. The van der Waals surface area contributed by atoms with Gasteiger partial charge in [-0.3, -0.25) is 4.21 Å². The molecule has 0 radical (unpaired) electrons. The van der Waals surface area contributed by atoms with Crippen molar-refractivity contribution in [2.45, 2.75) is 50.7 Å². The quantitative estimate of drug-likeness (QED) is 0.690. The molecule has 1 rings (SSSR count). The summed E-state index contributed by atoms with van der Waals surface area (Å²) in [6.07, 6.45) is 7.41. The molecule has 3 heteroatoms. The SMILES string of the molecule is CCNCCCS(=O)C1CCCCC1. The molecule has 14 heavy (non-hydrogen) atoms.